The Morgan fingerprint density at radius 3 is 2.42 bits per heavy atom. The molecule has 2 aromatic rings. The van der Waals surface area contributed by atoms with Crippen molar-refractivity contribution in [1.82, 2.24) is 4.90 Å². The molecule has 0 aromatic heterocycles. The molecule has 2 rings (SSSR count). The number of carbonyl (C=O) groups is 2. The third-order valence-corrected chi connectivity index (χ3v) is 4.34. The number of anilines is 1. The summed E-state index contributed by atoms with van der Waals surface area (Å²) >= 11 is 6.56. The Bertz CT molecular complexity index is 796. The van der Waals surface area contributed by atoms with Gasteiger partial charge in [-0.15, -0.1) is 0 Å². The van der Waals surface area contributed by atoms with E-state index in [1.54, 1.807) is 6.07 Å². The van der Waals surface area contributed by atoms with E-state index in [9.17, 15) is 14.0 Å². The average molecular weight is 458 g/mol. The molecule has 24 heavy (non-hydrogen) atoms. The molecular formula is C17H15Br2FN2O2. The molecule has 0 aliphatic rings. The summed E-state index contributed by atoms with van der Waals surface area (Å²) < 4.78 is 15.3. The lowest BCUT2D eigenvalue weighted by Gasteiger charge is -2.18. The minimum atomic E-state index is -0.626. The smallest absolute Gasteiger partial charge is 0.257 e. The first-order valence-electron chi connectivity index (χ1n) is 7.04. The van der Waals surface area contributed by atoms with Crippen molar-refractivity contribution in [3.63, 3.8) is 0 Å². The molecule has 0 bridgehead atoms. The van der Waals surface area contributed by atoms with Gasteiger partial charge in [0.15, 0.2) is 0 Å². The maximum absolute atomic E-state index is 13.8. The molecule has 2 amide bonds. The van der Waals surface area contributed by atoms with Gasteiger partial charge in [0.05, 0.1) is 12.1 Å². The van der Waals surface area contributed by atoms with Crippen molar-refractivity contribution in [2.75, 3.05) is 18.9 Å². The van der Waals surface area contributed by atoms with Crippen LogP contribution in [0.15, 0.2) is 45.3 Å². The zero-order valence-electron chi connectivity index (χ0n) is 13.1. The predicted molar refractivity (Wildman–Crippen MR) is 98.6 cm³/mol. The molecule has 0 atom stereocenters. The number of hydrogen-bond donors (Lipinski definition) is 1. The Hall–Kier alpha value is -1.73. The zero-order chi connectivity index (χ0) is 17.9. The van der Waals surface area contributed by atoms with E-state index in [4.69, 9.17) is 0 Å². The second kappa shape index (κ2) is 7.90. The summed E-state index contributed by atoms with van der Waals surface area (Å²) in [7, 11) is 1.46. The topological polar surface area (TPSA) is 49.4 Å². The van der Waals surface area contributed by atoms with Crippen LogP contribution in [-0.2, 0) is 4.79 Å². The molecule has 126 valence electrons. The maximum atomic E-state index is 13.8. The minimum Gasteiger partial charge on any atom is -0.332 e. The van der Waals surface area contributed by atoms with E-state index in [0.29, 0.717) is 10.2 Å². The van der Waals surface area contributed by atoms with Crippen LogP contribution in [0.3, 0.4) is 0 Å². The van der Waals surface area contributed by atoms with Gasteiger partial charge in [-0.05, 0) is 48.9 Å². The highest BCUT2D eigenvalue weighted by atomic mass is 79.9. The first-order valence-corrected chi connectivity index (χ1v) is 8.63. The number of nitrogens with zero attached hydrogens (tertiary/aromatic N) is 1. The second-order valence-corrected chi connectivity index (χ2v) is 7.12. The highest BCUT2D eigenvalue weighted by Gasteiger charge is 2.19. The van der Waals surface area contributed by atoms with Crippen LogP contribution < -0.4 is 5.32 Å². The predicted octanol–water partition coefficient (Wildman–Crippen LogP) is 4.37. The highest BCUT2D eigenvalue weighted by Crippen LogP contribution is 2.20. The van der Waals surface area contributed by atoms with Crippen LogP contribution in [0.2, 0.25) is 0 Å². The fourth-order valence-electron chi connectivity index (χ4n) is 2.11. The van der Waals surface area contributed by atoms with Gasteiger partial charge in [-0.1, -0.05) is 31.9 Å². The van der Waals surface area contributed by atoms with Crippen LogP contribution in [0.1, 0.15) is 15.9 Å². The molecule has 0 saturated heterocycles. The van der Waals surface area contributed by atoms with E-state index < -0.39 is 11.7 Å². The van der Waals surface area contributed by atoms with Crippen molar-refractivity contribution < 1.29 is 14.0 Å². The van der Waals surface area contributed by atoms with Crippen LogP contribution >= 0.6 is 31.9 Å². The fraction of sp³-hybridized carbons (Fsp3) is 0.176. The Morgan fingerprint density at radius 1 is 1.12 bits per heavy atom. The van der Waals surface area contributed by atoms with E-state index in [0.717, 1.165) is 10.0 Å². The molecule has 0 aliphatic heterocycles. The van der Waals surface area contributed by atoms with E-state index in [-0.39, 0.29) is 18.0 Å². The summed E-state index contributed by atoms with van der Waals surface area (Å²) in [4.78, 5) is 25.6. The van der Waals surface area contributed by atoms with Gasteiger partial charge in [-0.25, -0.2) is 4.39 Å². The van der Waals surface area contributed by atoms with Gasteiger partial charge in [0.25, 0.3) is 5.91 Å². The van der Waals surface area contributed by atoms with Gasteiger partial charge in [-0.3, -0.25) is 9.59 Å². The molecule has 1 N–H and O–H groups in total. The number of likely N-dealkylation sites (N-methyl/N-ethyl adjacent to an activating group) is 1. The monoisotopic (exact) mass is 456 g/mol. The Kier molecular flexibility index (Phi) is 6.12. The largest absolute Gasteiger partial charge is 0.332 e. The van der Waals surface area contributed by atoms with Crippen molar-refractivity contribution in [1.29, 1.82) is 0 Å². The molecule has 4 nitrogen and oxygen atoms in total. The van der Waals surface area contributed by atoms with Crippen LogP contribution in [-0.4, -0.2) is 30.3 Å². The summed E-state index contributed by atoms with van der Waals surface area (Å²) in [6.07, 6.45) is 0. The number of aryl methyl sites for hydroxylation is 1. The fourth-order valence-corrected chi connectivity index (χ4v) is 2.95. The summed E-state index contributed by atoms with van der Waals surface area (Å²) in [5, 5.41) is 2.74. The Morgan fingerprint density at radius 2 is 1.75 bits per heavy atom. The van der Waals surface area contributed by atoms with Gasteiger partial charge in [-0.2, -0.15) is 0 Å². The third kappa shape index (κ3) is 4.64. The van der Waals surface area contributed by atoms with Crippen molar-refractivity contribution in [2.45, 2.75) is 6.92 Å². The lowest BCUT2D eigenvalue weighted by atomic mass is 10.2. The van der Waals surface area contributed by atoms with Crippen LogP contribution in [0.5, 0.6) is 0 Å². The lowest BCUT2D eigenvalue weighted by molar-refractivity contribution is -0.116. The van der Waals surface area contributed by atoms with Gasteiger partial charge in [0.2, 0.25) is 5.91 Å². The molecule has 0 heterocycles. The summed E-state index contributed by atoms with van der Waals surface area (Å²) in [6.45, 7) is 1.69. The van der Waals surface area contributed by atoms with E-state index in [1.807, 2.05) is 19.1 Å². The van der Waals surface area contributed by atoms with Crippen LogP contribution in [0.25, 0.3) is 0 Å². The van der Waals surface area contributed by atoms with E-state index in [1.165, 1.54) is 30.1 Å². The van der Waals surface area contributed by atoms with Crippen molar-refractivity contribution in [3.8, 4) is 0 Å². The summed E-state index contributed by atoms with van der Waals surface area (Å²) in [5.41, 5.74) is 1.47. The van der Waals surface area contributed by atoms with Crippen LogP contribution in [0.4, 0.5) is 10.1 Å². The number of hydrogen-bond acceptors (Lipinski definition) is 2. The number of nitrogens with one attached hydrogen (secondary N) is 1. The summed E-state index contributed by atoms with van der Waals surface area (Å²) in [6, 6.07) is 9.57. The molecule has 0 radical (unpaired) electrons. The molecule has 0 aliphatic carbocycles. The van der Waals surface area contributed by atoms with Gasteiger partial charge in [0, 0.05) is 21.7 Å². The maximum Gasteiger partial charge on any atom is 0.257 e. The Labute approximate surface area is 156 Å². The zero-order valence-corrected chi connectivity index (χ0v) is 16.2. The average Bonchev–Trinajstić information content (AvgIpc) is 2.51. The van der Waals surface area contributed by atoms with E-state index >= 15 is 0 Å². The van der Waals surface area contributed by atoms with Crippen molar-refractivity contribution >= 4 is 49.4 Å². The molecule has 0 spiro atoms. The number of rotatable bonds is 4. The Balaban J connectivity index is 2.05. The number of carbonyl (C=O) groups excluding carboxylic acids is 2. The number of halogens is 3. The van der Waals surface area contributed by atoms with Gasteiger partial charge in [0.1, 0.15) is 5.82 Å². The molecule has 7 heteroatoms. The minimum absolute atomic E-state index is 0.0838. The second-order valence-electron chi connectivity index (χ2n) is 5.29. The molecule has 0 saturated carbocycles. The first-order chi connectivity index (χ1) is 11.3. The third-order valence-electron chi connectivity index (χ3n) is 3.35. The molecule has 2 aromatic carbocycles. The molecule has 0 unspecified atom stereocenters. The standard InChI is InChI=1S/C17H15Br2FN2O2/c1-10-7-11(18)4-6-15(10)21-16(23)9-22(2)17(24)13-8-12(19)3-5-14(13)20/h3-8H,9H2,1-2H3,(H,21,23). The van der Waals surface area contributed by atoms with Crippen molar-refractivity contribution in [3.05, 3.63) is 62.3 Å². The normalized spacial score (nSPS) is 10.4. The highest BCUT2D eigenvalue weighted by molar-refractivity contribution is 9.10. The molecule has 0 fully saturated rings. The van der Waals surface area contributed by atoms with Gasteiger partial charge >= 0.3 is 0 Å². The lowest BCUT2D eigenvalue weighted by Crippen LogP contribution is -2.35. The van der Waals surface area contributed by atoms with Gasteiger partial charge < -0.3 is 10.2 Å². The quantitative estimate of drug-likeness (QED) is 0.741. The van der Waals surface area contributed by atoms with Crippen molar-refractivity contribution in [2.24, 2.45) is 0 Å². The number of benzene rings is 2. The molecular weight excluding hydrogens is 443 g/mol. The summed E-state index contributed by atoms with van der Waals surface area (Å²) in [5.74, 6) is -1.54. The number of amides is 2. The van der Waals surface area contributed by atoms with Crippen LogP contribution in [0, 0.1) is 12.7 Å². The first kappa shape index (κ1) is 18.6. The SMILES string of the molecule is Cc1cc(Br)ccc1NC(=O)CN(C)C(=O)c1cc(Br)ccc1F. The van der Waals surface area contributed by atoms with E-state index in [2.05, 4.69) is 37.2 Å².